The molecule has 0 aliphatic heterocycles. The van der Waals surface area contributed by atoms with Crippen LogP contribution in [0.5, 0.6) is 0 Å². The van der Waals surface area contributed by atoms with Crippen LogP contribution in [-0.2, 0) is 6.98 Å². The van der Waals surface area contributed by atoms with Crippen LogP contribution < -0.4 is 0 Å². The third-order valence-corrected chi connectivity index (χ3v) is 3.17. The van der Waals surface area contributed by atoms with Crippen molar-refractivity contribution in [3.8, 4) is 12.3 Å². The first-order valence-corrected chi connectivity index (χ1v) is 9.58. The predicted molar refractivity (Wildman–Crippen MR) is 40.7 cm³/mol. The third-order valence-electron chi connectivity index (χ3n) is 1.11. The van der Waals surface area contributed by atoms with Gasteiger partial charge in [0.2, 0.25) is 0 Å². The number of ether oxygens (including phenoxy) is 1. The minimum absolute atomic E-state index is 0.438. The molecule has 0 rings (SSSR count). The van der Waals surface area contributed by atoms with E-state index in [9.17, 15) is 0 Å². The molecular weight excluding hydrogens is 366 g/mol. The number of rotatable bonds is 7. The van der Waals surface area contributed by atoms with Gasteiger partial charge in [0.15, 0.2) is 0 Å². The van der Waals surface area contributed by atoms with Gasteiger partial charge < -0.3 is 0 Å². The molecule has 0 heterocycles. The molecule has 0 aliphatic carbocycles. The first-order valence-electron chi connectivity index (χ1n) is 3.71. The van der Waals surface area contributed by atoms with Gasteiger partial charge in [-0.25, -0.2) is 0 Å². The van der Waals surface area contributed by atoms with E-state index in [-0.39, 0.29) is 0 Å². The van der Waals surface area contributed by atoms with Crippen LogP contribution in [0.3, 0.4) is 0 Å². The van der Waals surface area contributed by atoms with Crippen LogP contribution in [0.25, 0.3) is 0 Å². The molecule has 0 aliphatic rings. The summed E-state index contributed by atoms with van der Waals surface area (Å²) in [7, 11) is 0. The fourth-order valence-electron chi connectivity index (χ4n) is 0.612. The summed E-state index contributed by atoms with van der Waals surface area (Å²) in [5.74, 6) is 2.43. The van der Waals surface area contributed by atoms with E-state index in [0.717, 1.165) is 26.1 Å². The quantitative estimate of drug-likeness (QED) is 0.492. The van der Waals surface area contributed by atoms with Crippen LogP contribution in [0.1, 0.15) is 12.8 Å². The summed E-state index contributed by atoms with van der Waals surface area (Å²) in [6, 6.07) is 0. The molecule has 0 atom stereocenters. The standard InChI is InChI=1S/C7H11O2.CH3.U/c1-2-6-9-7-4-3-5-8;;/h1H,3-7H2;1H3;/q-1;;+1. The Kier molecular flexibility index (Phi) is 11.0. The zero-order valence-corrected chi connectivity index (χ0v) is 11.1. The first kappa shape index (κ1) is 11.5. The van der Waals surface area contributed by atoms with Crippen LogP contribution in [0.2, 0.25) is 3.96 Å². The van der Waals surface area contributed by atoms with Crippen molar-refractivity contribution in [2.24, 2.45) is 0 Å². The number of terminal acetylenes is 1. The monoisotopic (exact) mass is 380 g/mol. The third kappa shape index (κ3) is 10.5. The Hall–Kier alpha value is 0.532. The molecule has 3 heteroatoms. The van der Waals surface area contributed by atoms with Gasteiger partial charge in [-0.1, -0.05) is 0 Å². The molecule has 0 aromatic carbocycles. The molecule has 0 saturated carbocycles. The Labute approximate surface area is 83.9 Å². The van der Waals surface area contributed by atoms with Crippen molar-refractivity contribution in [3.05, 3.63) is 0 Å². The SMILES string of the molecule is C#CCOCCCC[O][U][CH3]. The Morgan fingerprint density at radius 3 is 2.73 bits per heavy atom. The van der Waals surface area contributed by atoms with Gasteiger partial charge in [0.1, 0.15) is 0 Å². The van der Waals surface area contributed by atoms with Crippen molar-refractivity contribution >= 4 is 0 Å². The zero-order valence-electron chi connectivity index (χ0n) is 6.93. The molecule has 0 amide bonds. The van der Waals surface area contributed by atoms with Crippen molar-refractivity contribution in [1.29, 1.82) is 0 Å². The molecule has 0 bridgehead atoms. The van der Waals surface area contributed by atoms with Crippen LogP contribution in [-0.4, -0.2) is 19.8 Å². The van der Waals surface area contributed by atoms with Crippen molar-refractivity contribution in [2.75, 3.05) is 19.8 Å². The van der Waals surface area contributed by atoms with E-state index < -0.39 is 28.2 Å². The fourth-order valence-corrected chi connectivity index (χ4v) is 2.06. The molecule has 0 spiro atoms. The average Bonchev–Trinajstić information content (AvgIpc) is 2.03. The van der Waals surface area contributed by atoms with E-state index in [0.29, 0.717) is 6.61 Å². The van der Waals surface area contributed by atoms with Gasteiger partial charge in [-0.2, -0.15) is 0 Å². The summed E-state index contributed by atoms with van der Waals surface area (Å²) in [6.45, 7) is 2.13. The predicted octanol–water partition coefficient (Wildman–Crippen LogP) is 1.48. The van der Waals surface area contributed by atoms with Crippen LogP contribution >= 0.6 is 0 Å². The second-order valence-electron chi connectivity index (χ2n) is 2.02. The summed E-state index contributed by atoms with van der Waals surface area (Å²) in [5.41, 5.74) is 0. The summed E-state index contributed by atoms with van der Waals surface area (Å²) in [6.07, 6.45) is 7.17. The van der Waals surface area contributed by atoms with Crippen molar-refractivity contribution in [1.82, 2.24) is 0 Å². The van der Waals surface area contributed by atoms with Crippen LogP contribution in [0, 0.1) is 40.6 Å². The second-order valence-corrected chi connectivity index (χ2v) is 4.92. The van der Waals surface area contributed by atoms with Gasteiger partial charge in [0.25, 0.3) is 0 Å². The summed E-state index contributed by atoms with van der Waals surface area (Å²) in [4.78, 5) is 0. The summed E-state index contributed by atoms with van der Waals surface area (Å²) < 4.78 is 12.6. The van der Waals surface area contributed by atoms with Crippen molar-refractivity contribution in [3.63, 3.8) is 0 Å². The molecule has 0 fully saturated rings. The number of hydrogen-bond donors (Lipinski definition) is 0. The molecule has 0 radical (unpaired) electrons. The average molecular weight is 380 g/mol. The second kappa shape index (κ2) is 10.5. The first-order chi connectivity index (χ1) is 5.41. The number of hydrogen-bond acceptors (Lipinski definition) is 2. The molecular formula is C8H14O2U. The fraction of sp³-hybridized carbons (Fsp3) is 0.750. The molecule has 0 aromatic rings. The molecule has 0 unspecified atom stereocenters. The maximum absolute atomic E-state index is 5.35. The Morgan fingerprint density at radius 2 is 2.09 bits per heavy atom. The summed E-state index contributed by atoms with van der Waals surface area (Å²) in [5, 5.41) is 0. The van der Waals surface area contributed by atoms with Gasteiger partial charge in [-0.05, 0) is 0 Å². The molecule has 11 heavy (non-hydrogen) atoms. The van der Waals surface area contributed by atoms with Gasteiger partial charge in [0.05, 0.1) is 0 Å². The Bertz CT molecular complexity index is 109. The normalized spacial score (nSPS) is 8.73. The van der Waals surface area contributed by atoms with E-state index in [1.807, 2.05) is 0 Å². The van der Waals surface area contributed by atoms with Crippen molar-refractivity contribution < 1.29 is 35.2 Å². The van der Waals surface area contributed by atoms with E-state index >= 15 is 0 Å². The Balaban J connectivity index is 2.75. The minimum atomic E-state index is -0.709. The number of unbranched alkanes of at least 4 members (excludes halogenated alkanes) is 1. The Morgan fingerprint density at radius 1 is 1.36 bits per heavy atom. The van der Waals surface area contributed by atoms with Crippen LogP contribution in [0.15, 0.2) is 0 Å². The van der Waals surface area contributed by atoms with Crippen LogP contribution in [0.4, 0.5) is 0 Å². The molecule has 0 saturated heterocycles. The van der Waals surface area contributed by atoms with Gasteiger partial charge in [0, 0.05) is 0 Å². The van der Waals surface area contributed by atoms with Crippen molar-refractivity contribution in [2.45, 2.75) is 16.8 Å². The zero-order chi connectivity index (χ0) is 8.36. The van der Waals surface area contributed by atoms with Gasteiger partial charge >= 0.3 is 84.2 Å². The molecule has 2 nitrogen and oxygen atoms in total. The molecule has 62 valence electrons. The van der Waals surface area contributed by atoms with E-state index in [1.54, 1.807) is 0 Å². The molecule has 0 N–H and O–H groups in total. The van der Waals surface area contributed by atoms with Gasteiger partial charge in [-0.3, -0.25) is 0 Å². The van der Waals surface area contributed by atoms with E-state index in [2.05, 4.69) is 9.88 Å². The van der Waals surface area contributed by atoms with E-state index in [4.69, 9.17) is 13.4 Å². The van der Waals surface area contributed by atoms with Gasteiger partial charge in [-0.15, -0.1) is 0 Å². The maximum atomic E-state index is 5.35. The van der Waals surface area contributed by atoms with E-state index in [1.165, 1.54) is 0 Å². The topological polar surface area (TPSA) is 18.5 Å². The summed E-state index contributed by atoms with van der Waals surface area (Å²) >= 11 is -0.709. The molecule has 0 aromatic heterocycles.